The second kappa shape index (κ2) is 6.31. The van der Waals surface area contributed by atoms with Crippen LogP contribution in [0.5, 0.6) is 0 Å². The first kappa shape index (κ1) is 15.6. The molecule has 0 aromatic carbocycles. The minimum Gasteiger partial charge on any atom is -0.326 e. The number of hydrogen-bond acceptors (Lipinski definition) is 5. The highest BCUT2D eigenvalue weighted by Gasteiger charge is 2.20. The number of rotatable bonds is 5. The van der Waals surface area contributed by atoms with Crippen LogP contribution in [-0.2, 0) is 23.1 Å². The van der Waals surface area contributed by atoms with Crippen LogP contribution >= 0.6 is 27.3 Å². The van der Waals surface area contributed by atoms with Gasteiger partial charge in [-0.05, 0) is 46.1 Å². The molecule has 0 aliphatic carbocycles. The van der Waals surface area contributed by atoms with Crippen molar-refractivity contribution in [2.75, 3.05) is 0 Å². The maximum Gasteiger partial charge on any atom is 0.242 e. The average Bonchev–Trinajstić information content (AvgIpc) is 2.80. The SMILES string of the molecule is Cc1ccncc1CNS(=O)(=O)c1cc(CN)sc1Br. The molecule has 108 valence electrons. The molecule has 5 nitrogen and oxygen atoms in total. The Bertz CT molecular complexity index is 713. The molecule has 0 atom stereocenters. The number of halogens is 1. The van der Waals surface area contributed by atoms with Gasteiger partial charge in [0.25, 0.3) is 0 Å². The summed E-state index contributed by atoms with van der Waals surface area (Å²) in [7, 11) is -3.56. The Hall–Kier alpha value is -0.800. The van der Waals surface area contributed by atoms with Gasteiger partial charge in [0.15, 0.2) is 0 Å². The number of hydrogen-bond donors (Lipinski definition) is 2. The van der Waals surface area contributed by atoms with Gasteiger partial charge in [-0.1, -0.05) is 0 Å². The molecule has 0 aliphatic rings. The average molecular weight is 376 g/mol. The third kappa shape index (κ3) is 3.44. The fourth-order valence-corrected chi connectivity index (χ4v) is 5.18. The largest absolute Gasteiger partial charge is 0.326 e. The highest BCUT2D eigenvalue weighted by molar-refractivity contribution is 9.11. The molecular weight excluding hydrogens is 362 g/mol. The molecule has 8 heteroatoms. The smallest absolute Gasteiger partial charge is 0.242 e. The molecule has 0 saturated heterocycles. The van der Waals surface area contributed by atoms with E-state index in [9.17, 15) is 8.42 Å². The van der Waals surface area contributed by atoms with Gasteiger partial charge >= 0.3 is 0 Å². The third-order valence-electron chi connectivity index (χ3n) is 2.80. The quantitative estimate of drug-likeness (QED) is 0.838. The van der Waals surface area contributed by atoms with E-state index in [1.165, 1.54) is 11.3 Å². The van der Waals surface area contributed by atoms with E-state index in [0.29, 0.717) is 10.3 Å². The topological polar surface area (TPSA) is 85.1 Å². The molecule has 0 unspecified atom stereocenters. The Morgan fingerprint density at radius 1 is 1.50 bits per heavy atom. The van der Waals surface area contributed by atoms with Crippen molar-refractivity contribution in [3.05, 3.63) is 44.3 Å². The highest BCUT2D eigenvalue weighted by atomic mass is 79.9. The summed E-state index contributed by atoms with van der Waals surface area (Å²) in [6.45, 7) is 2.45. The van der Waals surface area contributed by atoms with Crippen LogP contribution in [0.4, 0.5) is 0 Å². The molecule has 0 saturated carbocycles. The molecular formula is C12H14BrN3O2S2. The van der Waals surface area contributed by atoms with E-state index in [0.717, 1.165) is 16.0 Å². The van der Waals surface area contributed by atoms with Gasteiger partial charge in [-0.15, -0.1) is 11.3 Å². The fourth-order valence-electron chi connectivity index (χ4n) is 1.61. The molecule has 0 aliphatic heterocycles. The predicted octanol–water partition coefficient (Wildman–Crippen LogP) is 2.15. The monoisotopic (exact) mass is 375 g/mol. The normalized spacial score (nSPS) is 11.8. The van der Waals surface area contributed by atoms with E-state index < -0.39 is 10.0 Å². The van der Waals surface area contributed by atoms with Crippen LogP contribution in [0.2, 0.25) is 0 Å². The molecule has 2 heterocycles. The first-order valence-corrected chi connectivity index (χ1v) is 8.90. The first-order chi connectivity index (χ1) is 9.44. The van der Waals surface area contributed by atoms with Crippen LogP contribution in [-0.4, -0.2) is 13.4 Å². The minimum absolute atomic E-state index is 0.211. The number of sulfonamides is 1. The number of pyridine rings is 1. The van der Waals surface area contributed by atoms with E-state index in [4.69, 9.17) is 5.73 Å². The van der Waals surface area contributed by atoms with E-state index in [1.807, 2.05) is 13.0 Å². The summed E-state index contributed by atoms with van der Waals surface area (Å²) in [5.41, 5.74) is 7.37. The van der Waals surface area contributed by atoms with Crippen LogP contribution in [0.1, 0.15) is 16.0 Å². The highest BCUT2D eigenvalue weighted by Crippen LogP contribution is 2.31. The van der Waals surface area contributed by atoms with Gasteiger partial charge in [0, 0.05) is 30.4 Å². The number of thiophene rings is 1. The third-order valence-corrected chi connectivity index (χ3v) is 6.47. The van der Waals surface area contributed by atoms with Crippen molar-refractivity contribution >= 4 is 37.3 Å². The maximum absolute atomic E-state index is 12.3. The molecule has 0 fully saturated rings. The summed E-state index contributed by atoms with van der Waals surface area (Å²) in [6.07, 6.45) is 3.34. The fraction of sp³-hybridized carbons (Fsp3) is 0.250. The number of nitrogens with one attached hydrogen (secondary N) is 1. The lowest BCUT2D eigenvalue weighted by Crippen LogP contribution is -2.23. The zero-order valence-corrected chi connectivity index (χ0v) is 14.0. The van der Waals surface area contributed by atoms with E-state index >= 15 is 0 Å². The van der Waals surface area contributed by atoms with E-state index in [-0.39, 0.29) is 11.4 Å². The van der Waals surface area contributed by atoms with Crippen molar-refractivity contribution in [3.63, 3.8) is 0 Å². The van der Waals surface area contributed by atoms with E-state index in [2.05, 4.69) is 25.6 Å². The van der Waals surface area contributed by atoms with Crippen molar-refractivity contribution in [3.8, 4) is 0 Å². The van der Waals surface area contributed by atoms with Gasteiger partial charge in [-0.3, -0.25) is 4.98 Å². The van der Waals surface area contributed by atoms with Crippen LogP contribution in [0.25, 0.3) is 0 Å². The molecule has 0 radical (unpaired) electrons. The van der Waals surface area contributed by atoms with Gasteiger partial charge in [-0.2, -0.15) is 0 Å². The lowest BCUT2D eigenvalue weighted by Gasteiger charge is -2.07. The summed E-state index contributed by atoms with van der Waals surface area (Å²) in [6, 6.07) is 3.43. The van der Waals surface area contributed by atoms with Crippen LogP contribution in [0.15, 0.2) is 33.2 Å². The molecule has 2 aromatic heterocycles. The Morgan fingerprint density at radius 3 is 2.85 bits per heavy atom. The molecule has 2 aromatic rings. The van der Waals surface area contributed by atoms with Gasteiger partial charge < -0.3 is 5.73 Å². The molecule has 0 spiro atoms. The predicted molar refractivity (Wildman–Crippen MR) is 82.9 cm³/mol. The van der Waals surface area contributed by atoms with Crippen LogP contribution < -0.4 is 10.5 Å². The summed E-state index contributed by atoms with van der Waals surface area (Å²) in [5.74, 6) is 0. The summed E-state index contributed by atoms with van der Waals surface area (Å²) in [5, 5.41) is 0. The number of nitrogens with two attached hydrogens (primary N) is 1. The molecule has 0 bridgehead atoms. The summed E-state index contributed by atoms with van der Waals surface area (Å²) >= 11 is 4.59. The minimum atomic E-state index is -3.56. The van der Waals surface area contributed by atoms with Crippen molar-refractivity contribution < 1.29 is 8.42 Å². The Morgan fingerprint density at radius 2 is 2.25 bits per heavy atom. The Kier molecular flexibility index (Phi) is 4.92. The number of nitrogens with zero attached hydrogens (tertiary/aromatic N) is 1. The molecule has 0 amide bonds. The zero-order valence-electron chi connectivity index (χ0n) is 10.8. The summed E-state index contributed by atoms with van der Waals surface area (Å²) in [4.78, 5) is 5.04. The van der Waals surface area contributed by atoms with E-state index in [1.54, 1.807) is 18.5 Å². The molecule has 3 N–H and O–H groups in total. The molecule has 2 rings (SSSR count). The first-order valence-electron chi connectivity index (χ1n) is 5.81. The van der Waals surface area contributed by atoms with Gasteiger partial charge in [-0.25, -0.2) is 13.1 Å². The maximum atomic E-state index is 12.3. The standard InChI is InChI=1S/C12H14BrN3O2S2/c1-8-2-3-15-6-9(8)7-16-20(17,18)11-4-10(5-14)19-12(11)13/h2-4,6,16H,5,7,14H2,1H3. The Balaban J connectivity index is 2.19. The van der Waals surface area contributed by atoms with Crippen molar-refractivity contribution in [1.29, 1.82) is 0 Å². The lowest BCUT2D eigenvalue weighted by molar-refractivity contribution is 0.581. The number of aryl methyl sites for hydroxylation is 1. The van der Waals surface area contributed by atoms with Crippen LogP contribution in [0.3, 0.4) is 0 Å². The van der Waals surface area contributed by atoms with Gasteiger partial charge in [0.05, 0.1) is 3.79 Å². The number of aromatic nitrogens is 1. The second-order valence-electron chi connectivity index (χ2n) is 4.18. The van der Waals surface area contributed by atoms with Crippen molar-refractivity contribution in [1.82, 2.24) is 9.71 Å². The zero-order chi connectivity index (χ0) is 14.8. The van der Waals surface area contributed by atoms with Crippen molar-refractivity contribution in [2.24, 2.45) is 5.73 Å². The van der Waals surface area contributed by atoms with Gasteiger partial charge in [0.2, 0.25) is 10.0 Å². The van der Waals surface area contributed by atoms with Gasteiger partial charge in [0.1, 0.15) is 4.90 Å². The van der Waals surface area contributed by atoms with Crippen molar-refractivity contribution in [2.45, 2.75) is 24.9 Å². The Labute approximate surface area is 130 Å². The van der Waals surface area contributed by atoms with Crippen LogP contribution in [0, 0.1) is 6.92 Å². The molecule has 20 heavy (non-hydrogen) atoms. The lowest BCUT2D eigenvalue weighted by atomic mass is 10.2. The second-order valence-corrected chi connectivity index (χ2v) is 8.37. The summed E-state index contributed by atoms with van der Waals surface area (Å²) < 4.78 is 27.7.